The predicted molar refractivity (Wildman–Crippen MR) is 235 cm³/mol. The molecule has 1 unspecified atom stereocenters. The molecule has 0 radical (unpaired) electrons. The Kier molecular flexibility index (Phi) is 35.1. The molecule has 57 heavy (non-hydrogen) atoms. The summed E-state index contributed by atoms with van der Waals surface area (Å²) in [6, 6.07) is -0.978. The van der Waals surface area contributed by atoms with Crippen LogP contribution >= 0.6 is 7.82 Å². The summed E-state index contributed by atoms with van der Waals surface area (Å²) in [7, 11) is 1.11. The minimum atomic E-state index is -4.65. The predicted octanol–water partition coefficient (Wildman–Crippen LogP) is 9.11. The summed E-state index contributed by atoms with van der Waals surface area (Å²) < 4.78 is 23.1. The maximum Gasteiger partial charge on any atom is 0.268 e. The molecule has 10 nitrogen and oxygen atoms in total. The van der Waals surface area contributed by atoms with Crippen molar-refractivity contribution in [3.63, 3.8) is 0 Å². The van der Waals surface area contributed by atoms with Crippen LogP contribution in [0.3, 0.4) is 0 Å². The molecular formula is C46H81N2O8P. The number of rotatable bonds is 37. The number of allylic oxidation sites excluding steroid dienone is 9. The second-order valence-corrected chi connectivity index (χ2v) is 17.1. The van der Waals surface area contributed by atoms with Gasteiger partial charge in [0.15, 0.2) is 0 Å². The van der Waals surface area contributed by atoms with Gasteiger partial charge in [-0.2, -0.15) is 0 Å². The molecule has 0 rings (SSSR count). The third kappa shape index (κ3) is 38.9. The fourth-order valence-corrected chi connectivity index (χ4v) is 6.26. The molecule has 0 saturated carbocycles. The number of unbranched alkanes of at least 4 members (excludes halogenated alkanes) is 13. The molecule has 0 fully saturated rings. The first kappa shape index (κ1) is 54.6. The smallest absolute Gasteiger partial charge is 0.268 e. The number of nitrogens with zero attached hydrogens (tertiary/aromatic N) is 1. The molecule has 4 N–H and O–H groups in total. The van der Waals surface area contributed by atoms with Crippen molar-refractivity contribution in [3.8, 4) is 0 Å². The summed E-state index contributed by atoms with van der Waals surface area (Å²) in [5.41, 5.74) is 0. The Labute approximate surface area is 347 Å². The van der Waals surface area contributed by atoms with Crippen molar-refractivity contribution in [2.45, 2.75) is 160 Å². The lowest BCUT2D eigenvalue weighted by Gasteiger charge is -2.29. The van der Waals surface area contributed by atoms with Gasteiger partial charge in [0.2, 0.25) is 5.91 Å². The lowest BCUT2D eigenvalue weighted by atomic mass is 10.0. The molecule has 11 heteroatoms. The minimum absolute atomic E-state index is 0.0435. The number of likely N-dealkylation sites (N-methyl/N-ethyl adjacent to an activating group) is 1. The average molecular weight is 821 g/mol. The number of nitrogens with one attached hydrogen (secondary N) is 1. The Hall–Kier alpha value is -2.40. The topological polar surface area (TPSA) is 148 Å². The van der Waals surface area contributed by atoms with E-state index < -0.39 is 38.8 Å². The molecule has 1 amide bonds. The van der Waals surface area contributed by atoms with Crippen molar-refractivity contribution < 1.29 is 43.1 Å². The number of carbonyl (C=O) groups excluding carboxylic acids is 1. The van der Waals surface area contributed by atoms with Crippen LogP contribution in [0.1, 0.15) is 136 Å². The van der Waals surface area contributed by atoms with Crippen molar-refractivity contribution in [2.24, 2.45) is 0 Å². The maximum atomic E-state index is 12.8. The van der Waals surface area contributed by atoms with E-state index >= 15 is 0 Å². The van der Waals surface area contributed by atoms with E-state index in [0.29, 0.717) is 30.3 Å². The van der Waals surface area contributed by atoms with Crippen LogP contribution in [0.2, 0.25) is 0 Å². The highest BCUT2D eigenvalue weighted by Crippen LogP contribution is 2.38. The Morgan fingerprint density at radius 1 is 0.702 bits per heavy atom. The van der Waals surface area contributed by atoms with Gasteiger partial charge in [0, 0.05) is 6.42 Å². The van der Waals surface area contributed by atoms with E-state index in [4.69, 9.17) is 9.05 Å². The Morgan fingerprint density at radius 2 is 1.28 bits per heavy atom. The van der Waals surface area contributed by atoms with E-state index in [1.165, 1.54) is 64.2 Å². The fourth-order valence-electron chi connectivity index (χ4n) is 5.54. The molecule has 5 atom stereocenters. The second-order valence-electron chi connectivity index (χ2n) is 15.7. The van der Waals surface area contributed by atoms with Crippen LogP contribution < -0.4 is 10.2 Å². The third-order valence-corrected chi connectivity index (χ3v) is 10.00. The fraction of sp³-hybridized carbons (Fsp3) is 0.674. The first-order valence-corrected chi connectivity index (χ1v) is 23.1. The molecule has 0 aliphatic rings. The summed E-state index contributed by atoms with van der Waals surface area (Å²) in [5.74, 6) is -0.340. The number of phosphoric ester groups is 1. The quantitative estimate of drug-likeness (QED) is 0.0160. The summed E-state index contributed by atoms with van der Waals surface area (Å²) in [6.07, 6.45) is 42.7. The highest BCUT2D eigenvalue weighted by atomic mass is 31.2. The van der Waals surface area contributed by atoms with Crippen molar-refractivity contribution >= 4 is 13.7 Å². The highest BCUT2D eigenvalue weighted by molar-refractivity contribution is 7.45. The maximum absolute atomic E-state index is 12.8. The molecule has 0 spiro atoms. The standard InChI is InChI=1S/C46H81N2O8P/c1-6-8-10-11-12-13-14-15-16-17-18-22-25-31-37-45(51)44(41-56-57(53,54)55-40-39-48(3,4)5)47-46(52)38-32-26-30-36-43(50)35-29-24-21-19-20-23-28-34-42(49)33-27-9-7-2/h9,20-21,23-24,27-31,34-37,42-45,49-51H,6-8,10-19,22,25-26,32-33,38-41H2,1-5H3,(H-,47,52,53,54)/b23-20-,24-21-,27-9-,34-28+,35-29+,36-30-,37-31+/t42-,43-,44-,45+/m0/s1. The molecule has 0 aliphatic heterocycles. The normalized spacial score (nSPS) is 16.3. The van der Waals surface area contributed by atoms with Gasteiger partial charge >= 0.3 is 0 Å². The zero-order valence-electron chi connectivity index (χ0n) is 36.2. The van der Waals surface area contributed by atoms with Gasteiger partial charge < -0.3 is 39.1 Å². The van der Waals surface area contributed by atoms with Gasteiger partial charge in [-0.05, 0) is 44.9 Å². The van der Waals surface area contributed by atoms with Crippen LogP contribution in [0, 0.1) is 0 Å². The van der Waals surface area contributed by atoms with Gasteiger partial charge in [0.25, 0.3) is 7.82 Å². The highest BCUT2D eigenvalue weighted by Gasteiger charge is 2.23. The van der Waals surface area contributed by atoms with Gasteiger partial charge in [-0.25, -0.2) is 0 Å². The van der Waals surface area contributed by atoms with Crippen LogP contribution in [-0.4, -0.2) is 91.0 Å². The Morgan fingerprint density at radius 3 is 1.89 bits per heavy atom. The molecule has 0 saturated heterocycles. The van der Waals surface area contributed by atoms with Crippen molar-refractivity contribution in [1.29, 1.82) is 0 Å². The minimum Gasteiger partial charge on any atom is -0.756 e. The largest absolute Gasteiger partial charge is 0.756 e. The molecule has 0 aromatic heterocycles. The van der Waals surface area contributed by atoms with Gasteiger partial charge in [0.1, 0.15) is 13.2 Å². The lowest BCUT2D eigenvalue weighted by Crippen LogP contribution is -2.45. The number of hydrogen-bond acceptors (Lipinski definition) is 8. The summed E-state index contributed by atoms with van der Waals surface area (Å²) in [5, 5.41) is 33.7. The van der Waals surface area contributed by atoms with Crippen molar-refractivity contribution in [2.75, 3.05) is 40.9 Å². The Balaban J connectivity index is 4.74. The van der Waals surface area contributed by atoms with Gasteiger partial charge in [-0.3, -0.25) is 9.36 Å². The zero-order valence-corrected chi connectivity index (χ0v) is 37.1. The number of aliphatic hydroxyl groups excluding tert-OH is 3. The first-order valence-electron chi connectivity index (χ1n) is 21.7. The van der Waals surface area contributed by atoms with E-state index in [1.54, 1.807) is 30.4 Å². The van der Waals surface area contributed by atoms with E-state index in [2.05, 4.69) is 19.2 Å². The SMILES string of the molecule is CC/C=C\C[C@H](O)/C=C/C=C\C/C=C\C=C\[C@H](O)/C=C\CCCC(=O)N[C@@H](COP(=O)([O-])OCC[N+](C)(C)C)[C@H](O)/C=C/CCCCCCCCCCCCCC. The molecule has 0 aromatic rings. The number of quaternary nitrogens is 1. The van der Waals surface area contributed by atoms with E-state index in [0.717, 1.165) is 32.1 Å². The first-order chi connectivity index (χ1) is 27.3. The van der Waals surface area contributed by atoms with E-state index in [1.807, 2.05) is 75.8 Å². The molecule has 328 valence electrons. The van der Waals surface area contributed by atoms with Gasteiger partial charge in [0.05, 0.1) is 52.1 Å². The van der Waals surface area contributed by atoms with E-state index in [9.17, 15) is 29.6 Å². The van der Waals surface area contributed by atoms with Crippen molar-refractivity contribution in [1.82, 2.24) is 5.32 Å². The zero-order chi connectivity index (χ0) is 42.5. The lowest BCUT2D eigenvalue weighted by molar-refractivity contribution is -0.870. The molecule has 0 aliphatic carbocycles. The molecule has 0 aromatic carbocycles. The van der Waals surface area contributed by atoms with Crippen LogP contribution in [0.5, 0.6) is 0 Å². The summed E-state index contributed by atoms with van der Waals surface area (Å²) in [6.45, 7) is 4.26. The third-order valence-electron chi connectivity index (χ3n) is 9.04. The number of phosphoric acid groups is 1. The van der Waals surface area contributed by atoms with Crippen LogP contribution in [0.15, 0.2) is 85.1 Å². The van der Waals surface area contributed by atoms with E-state index in [-0.39, 0.29) is 18.9 Å². The van der Waals surface area contributed by atoms with Crippen LogP contribution in [0.25, 0.3) is 0 Å². The average Bonchev–Trinajstić information content (AvgIpc) is 3.15. The second kappa shape index (κ2) is 36.7. The Bertz CT molecular complexity index is 1240. The molecular weight excluding hydrogens is 739 g/mol. The summed E-state index contributed by atoms with van der Waals surface area (Å²) >= 11 is 0. The van der Waals surface area contributed by atoms with Crippen LogP contribution in [-0.2, 0) is 18.4 Å². The number of amides is 1. The number of aliphatic hydroxyl groups is 3. The summed E-state index contributed by atoms with van der Waals surface area (Å²) in [4.78, 5) is 25.3. The number of hydrogen-bond donors (Lipinski definition) is 4. The van der Waals surface area contributed by atoms with Crippen molar-refractivity contribution in [3.05, 3.63) is 85.1 Å². The van der Waals surface area contributed by atoms with Crippen LogP contribution in [0.4, 0.5) is 0 Å². The molecule has 0 bridgehead atoms. The van der Waals surface area contributed by atoms with Gasteiger partial charge in [-0.15, -0.1) is 0 Å². The van der Waals surface area contributed by atoms with Gasteiger partial charge in [-0.1, -0.05) is 170 Å². The number of carbonyl (C=O) groups is 1. The monoisotopic (exact) mass is 821 g/mol. The molecule has 0 heterocycles.